The van der Waals surface area contributed by atoms with E-state index in [-0.39, 0.29) is 5.91 Å². The Labute approximate surface area is 154 Å². The van der Waals surface area contributed by atoms with Gasteiger partial charge in [-0.3, -0.25) is 4.79 Å². The zero-order valence-electron chi connectivity index (χ0n) is 14.8. The molecule has 0 aliphatic carbocycles. The van der Waals surface area contributed by atoms with Crippen LogP contribution >= 0.6 is 11.8 Å². The number of hydrogen-bond donors (Lipinski definition) is 1. The third kappa shape index (κ3) is 7.57. The minimum Gasteiger partial charge on any atom is -0.272 e. The van der Waals surface area contributed by atoms with Crippen molar-refractivity contribution in [2.75, 3.05) is 5.75 Å². The van der Waals surface area contributed by atoms with Gasteiger partial charge < -0.3 is 0 Å². The van der Waals surface area contributed by atoms with Crippen LogP contribution in [-0.2, 0) is 10.5 Å². The number of amides is 1. The van der Waals surface area contributed by atoms with Crippen LogP contribution in [0.5, 0.6) is 0 Å². The fourth-order valence-electron chi connectivity index (χ4n) is 2.44. The van der Waals surface area contributed by atoms with Gasteiger partial charge in [0.15, 0.2) is 0 Å². The van der Waals surface area contributed by atoms with Crippen LogP contribution in [0.4, 0.5) is 0 Å². The highest BCUT2D eigenvalue weighted by atomic mass is 32.2. The van der Waals surface area contributed by atoms with E-state index in [4.69, 9.17) is 0 Å². The van der Waals surface area contributed by atoms with E-state index in [9.17, 15) is 4.79 Å². The van der Waals surface area contributed by atoms with Gasteiger partial charge in [-0.05, 0) is 24.0 Å². The smallest absolute Gasteiger partial charge is 0.250 e. The molecule has 0 bridgehead atoms. The van der Waals surface area contributed by atoms with Crippen LogP contribution in [0, 0.1) is 0 Å². The monoisotopic (exact) mass is 354 g/mol. The molecule has 0 unspecified atom stereocenters. The predicted molar refractivity (Wildman–Crippen MR) is 108 cm³/mol. The van der Waals surface area contributed by atoms with E-state index in [0.29, 0.717) is 5.75 Å². The van der Waals surface area contributed by atoms with Crippen LogP contribution in [0.15, 0.2) is 65.8 Å². The largest absolute Gasteiger partial charge is 0.272 e. The van der Waals surface area contributed by atoms with E-state index < -0.39 is 0 Å². The van der Waals surface area contributed by atoms with Gasteiger partial charge >= 0.3 is 0 Å². The molecular formula is C21H26N2OS. The Hall–Kier alpha value is -2.07. The molecule has 25 heavy (non-hydrogen) atoms. The van der Waals surface area contributed by atoms with Crippen LogP contribution in [0.25, 0.3) is 0 Å². The highest BCUT2D eigenvalue weighted by Gasteiger charge is 2.06. The first kappa shape index (κ1) is 19.3. The summed E-state index contributed by atoms with van der Waals surface area (Å²) in [6, 6.07) is 20.3. The molecule has 2 aromatic rings. The van der Waals surface area contributed by atoms with Gasteiger partial charge in [-0.25, -0.2) is 5.43 Å². The fraction of sp³-hybridized carbons (Fsp3) is 0.333. The molecule has 4 heteroatoms. The normalized spacial score (nSPS) is 11.3. The third-order valence-electron chi connectivity index (χ3n) is 3.78. The third-order valence-corrected chi connectivity index (χ3v) is 4.79. The number of unbranched alkanes of at least 4 members (excludes halogenated alkanes) is 2. The number of carbonyl (C=O) groups excluding carboxylic acids is 1. The van der Waals surface area contributed by atoms with Crippen molar-refractivity contribution >= 4 is 23.4 Å². The first-order valence-corrected chi connectivity index (χ1v) is 9.97. The maximum atomic E-state index is 12.1. The van der Waals surface area contributed by atoms with E-state index in [1.807, 2.05) is 48.5 Å². The van der Waals surface area contributed by atoms with Crippen molar-refractivity contribution in [1.29, 1.82) is 0 Å². The van der Waals surface area contributed by atoms with E-state index in [1.165, 1.54) is 18.4 Å². The zero-order valence-corrected chi connectivity index (χ0v) is 15.6. The van der Waals surface area contributed by atoms with Gasteiger partial charge in [0.25, 0.3) is 0 Å². The molecule has 2 rings (SSSR count). The van der Waals surface area contributed by atoms with Crippen LogP contribution in [0.1, 0.15) is 43.7 Å². The predicted octanol–water partition coefficient (Wildman–Crippen LogP) is 5.02. The van der Waals surface area contributed by atoms with Crippen LogP contribution in [0.2, 0.25) is 0 Å². The van der Waals surface area contributed by atoms with Crippen LogP contribution in [-0.4, -0.2) is 17.4 Å². The number of hydrogen-bond acceptors (Lipinski definition) is 3. The van der Waals surface area contributed by atoms with Crippen molar-refractivity contribution in [3.05, 3.63) is 71.8 Å². The van der Waals surface area contributed by atoms with Gasteiger partial charge in [0.05, 0.1) is 11.5 Å². The fourth-order valence-corrected chi connectivity index (χ4v) is 3.22. The molecule has 0 aliphatic heterocycles. The molecule has 0 saturated heterocycles. The summed E-state index contributed by atoms with van der Waals surface area (Å²) in [5.74, 6) is 1.19. The lowest BCUT2D eigenvalue weighted by molar-refractivity contribution is -0.118. The molecule has 0 aromatic heterocycles. The van der Waals surface area contributed by atoms with E-state index in [0.717, 1.165) is 29.9 Å². The molecule has 0 spiro atoms. The van der Waals surface area contributed by atoms with Gasteiger partial charge in [0, 0.05) is 5.75 Å². The lowest BCUT2D eigenvalue weighted by atomic mass is 10.0. The zero-order chi connectivity index (χ0) is 17.7. The number of hydrazone groups is 1. The molecule has 1 amide bonds. The highest BCUT2D eigenvalue weighted by molar-refractivity contribution is 7.99. The first-order chi connectivity index (χ1) is 12.3. The van der Waals surface area contributed by atoms with Crippen molar-refractivity contribution < 1.29 is 4.79 Å². The number of nitrogens with one attached hydrogen (secondary N) is 1. The first-order valence-electron chi connectivity index (χ1n) is 8.82. The van der Waals surface area contributed by atoms with Gasteiger partial charge in [-0.15, -0.1) is 11.8 Å². The summed E-state index contributed by atoms with van der Waals surface area (Å²) in [7, 11) is 0. The summed E-state index contributed by atoms with van der Waals surface area (Å²) in [6.07, 6.45) is 4.31. The summed E-state index contributed by atoms with van der Waals surface area (Å²) >= 11 is 1.60. The highest BCUT2D eigenvalue weighted by Crippen LogP contribution is 2.12. The Morgan fingerprint density at radius 1 is 1.00 bits per heavy atom. The number of benzene rings is 2. The quantitative estimate of drug-likeness (QED) is 0.370. The van der Waals surface area contributed by atoms with E-state index in [1.54, 1.807) is 11.8 Å². The summed E-state index contributed by atoms with van der Waals surface area (Å²) in [5, 5.41) is 4.40. The maximum Gasteiger partial charge on any atom is 0.250 e. The topological polar surface area (TPSA) is 41.5 Å². The van der Waals surface area contributed by atoms with Crippen molar-refractivity contribution in [3.63, 3.8) is 0 Å². The molecule has 1 N–H and O–H groups in total. The summed E-state index contributed by atoms with van der Waals surface area (Å²) in [6.45, 7) is 2.19. The molecule has 0 radical (unpaired) electrons. The molecule has 0 aliphatic rings. The van der Waals surface area contributed by atoms with Crippen molar-refractivity contribution in [2.45, 2.75) is 38.4 Å². The van der Waals surface area contributed by atoms with Crippen molar-refractivity contribution in [3.8, 4) is 0 Å². The van der Waals surface area contributed by atoms with E-state index >= 15 is 0 Å². The second-order valence-electron chi connectivity index (χ2n) is 5.90. The standard InChI is InChI=1S/C21H26N2OS/c1-2-3-6-15-20(19-13-9-5-10-14-19)22-23-21(24)17-25-16-18-11-7-4-8-12-18/h4-5,7-14H,2-3,6,15-17H2,1H3,(H,23,24). The molecule has 2 aromatic carbocycles. The SMILES string of the molecule is CCCCCC(=NNC(=O)CSCc1ccccc1)c1ccccc1. The number of carbonyl (C=O) groups is 1. The molecule has 0 heterocycles. The molecular weight excluding hydrogens is 328 g/mol. The second kappa shape index (κ2) is 11.5. The van der Waals surface area contributed by atoms with Crippen LogP contribution < -0.4 is 5.43 Å². The Morgan fingerprint density at radius 2 is 1.68 bits per heavy atom. The molecule has 0 saturated carbocycles. The summed E-state index contributed by atoms with van der Waals surface area (Å²) < 4.78 is 0. The summed E-state index contributed by atoms with van der Waals surface area (Å²) in [5.41, 5.74) is 5.99. The Morgan fingerprint density at radius 3 is 2.36 bits per heavy atom. The number of rotatable bonds is 10. The maximum absolute atomic E-state index is 12.1. The van der Waals surface area contributed by atoms with Gasteiger partial charge in [-0.2, -0.15) is 5.10 Å². The van der Waals surface area contributed by atoms with Gasteiger partial charge in [0.2, 0.25) is 5.91 Å². The number of thioether (sulfide) groups is 1. The lowest BCUT2D eigenvalue weighted by Gasteiger charge is -2.07. The molecule has 0 atom stereocenters. The Bertz CT molecular complexity index is 656. The average Bonchev–Trinajstić information content (AvgIpc) is 2.66. The average molecular weight is 355 g/mol. The minimum absolute atomic E-state index is 0.0511. The molecule has 3 nitrogen and oxygen atoms in total. The number of nitrogens with zero attached hydrogens (tertiary/aromatic N) is 1. The Kier molecular flexibility index (Phi) is 8.84. The Balaban J connectivity index is 1.84. The lowest BCUT2D eigenvalue weighted by Crippen LogP contribution is -2.22. The van der Waals surface area contributed by atoms with Crippen molar-refractivity contribution in [1.82, 2.24) is 5.43 Å². The molecule has 0 fully saturated rings. The second-order valence-corrected chi connectivity index (χ2v) is 6.88. The minimum atomic E-state index is -0.0511. The van der Waals surface area contributed by atoms with Crippen LogP contribution in [0.3, 0.4) is 0 Å². The van der Waals surface area contributed by atoms with Crippen molar-refractivity contribution in [2.24, 2.45) is 5.10 Å². The summed E-state index contributed by atoms with van der Waals surface area (Å²) in [4.78, 5) is 12.1. The van der Waals surface area contributed by atoms with E-state index in [2.05, 4.69) is 29.6 Å². The molecule has 132 valence electrons. The van der Waals surface area contributed by atoms with Gasteiger partial charge in [-0.1, -0.05) is 80.4 Å². The van der Waals surface area contributed by atoms with Gasteiger partial charge in [0.1, 0.15) is 0 Å².